The average molecular weight is 1670 g/mol. The largest absolute Gasteiger partial charge is 0.311 e. The predicted octanol–water partition coefficient (Wildman–Crippen LogP) is 35.0. The summed E-state index contributed by atoms with van der Waals surface area (Å²) in [5.41, 5.74) is 35.9. The maximum absolute atomic E-state index is 2.48. The Hall–Kier alpha value is -16.4. The molecule has 0 bridgehead atoms. The van der Waals surface area contributed by atoms with Gasteiger partial charge in [0.15, 0.2) is 0 Å². The van der Waals surface area contributed by atoms with Crippen molar-refractivity contribution >= 4 is 142 Å². The first kappa shape index (κ1) is 77.0. The van der Waals surface area contributed by atoms with E-state index in [1.807, 2.05) is 0 Å². The third kappa shape index (κ3) is 12.1. The first-order chi connectivity index (χ1) is 64.5. The van der Waals surface area contributed by atoms with E-state index in [1.54, 1.807) is 0 Å². The maximum atomic E-state index is 2.48. The molecule has 4 heteroatoms. The van der Waals surface area contributed by atoms with Crippen molar-refractivity contribution in [3.63, 3.8) is 0 Å². The summed E-state index contributed by atoms with van der Waals surface area (Å²) in [4.78, 5) is 4.83. The van der Waals surface area contributed by atoms with Gasteiger partial charge in [-0.1, -0.05) is 367 Å². The average Bonchev–Trinajstić information content (AvgIpc) is 1.71. The Labute approximate surface area is 762 Å². The van der Waals surface area contributed by atoms with Crippen LogP contribution in [0.3, 0.4) is 0 Å². The van der Waals surface area contributed by atoms with Crippen LogP contribution in [0.4, 0.5) is 34.1 Å². The van der Waals surface area contributed by atoms with Gasteiger partial charge in [-0.3, -0.25) is 0 Å². The summed E-state index contributed by atoms with van der Waals surface area (Å²) < 4.78 is 4.77. The van der Waals surface area contributed by atoms with Crippen LogP contribution in [-0.2, 0) is 10.8 Å². The highest BCUT2D eigenvalue weighted by molar-refractivity contribution is 6.31. The summed E-state index contributed by atoms with van der Waals surface area (Å²) in [6.07, 6.45) is 0. The molecule has 0 amide bonds. The normalized spacial score (nSPS) is 12.9. The van der Waals surface area contributed by atoms with Crippen LogP contribution in [0.15, 0.2) is 455 Å². The van der Waals surface area contributed by atoms with Gasteiger partial charge in [-0.2, -0.15) is 0 Å². The minimum atomic E-state index is -0.102. The molecule has 4 nitrogen and oxygen atoms in total. The summed E-state index contributed by atoms with van der Waals surface area (Å²) in [6.45, 7) is 11.7. The van der Waals surface area contributed by atoms with Crippen molar-refractivity contribution in [2.24, 2.45) is 0 Å². The Morgan fingerprint density at radius 3 is 0.840 bits per heavy atom. The lowest BCUT2D eigenvalue weighted by molar-refractivity contribution is 0.660. The fraction of sp³-hybridized carbons (Fsp3) is 0.0551. The van der Waals surface area contributed by atoms with Gasteiger partial charge in [0.25, 0.3) is 0 Å². The van der Waals surface area contributed by atoms with E-state index in [1.165, 1.54) is 203 Å². The summed E-state index contributed by atoms with van der Waals surface area (Å²) in [5.74, 6) is 0. The van der Waals surface area contributed by atoms with Gasteiger partial charge in [-0.15, -0.1) is 0 Å². The van der Waals surface area contributed by atoms with Crippen LogP contribution in [-0.4, -0.2) is 9.13 Å². The Kier molecular flexibility index (Phi) is 17.9. The number of hydrogen-bond donors (Lipinski definition) is 0. The topological polar surface area (TPSA) is 16.3 Å². The van der Waals surface area contributed by atoms with Crippen LogP contribution in [0, 0.1) is 6.92 Å². The predicted molar refractivity (Wildman–Crippen MR) is 558 cm³/mol. The summed E-state index contributed by atoms with van der Waals surface area (Å²) in [5, 5.41) is 20.0. The lowest BCUT2D eigenvalue weighted by atomic mass is 9.80. The summed E-state index contributed by atoms with van der Waals surface area (Å²) in [7, 11) is 0. The Morgan fingerprint density at radius 1 is 0.183 bits per heavy atom. The zero-order valence-electron chi connectivity index (χ0n) is 73.6. The zero-order chi connectivity index (χ0) is 87.3. The fourth-order valence-electron chi connectivity index (χ4n) is 22.6. The number of para-hydroxylation sites is 6. The lowest BCUT2D eigenvalue weighted by Gasteiger charge is -2.30. The van der Waals surface area contributed by atoms with Crippen molar-refractivity contribution in [3.8, 4) is 78.1 Å². The lowest BCUT2D eigenvalue weighted by Crippen LogP contribution is -2.14. The molecular weight excluding hydrogens is 1580 g/mol. The molecule has 618 valence electrons. The first-order valence-electron chi connectivity index (χ1n) is 45.8. The number of rotatable bonds is 12. The van der Waals surface area contributed by atoms with E-state index in [9.17, 15) is 0 Å². The van der Waals surface area contributed by atoms with E-state index in [0.717, 1.165) is 45.5 Å². The van der Waals surface area contributed by atoms with E-state index < -0.39 is 0 Å². The van der Waals surface area contributed by atoms with E-state index >= 15 is 0 Å². The summed E-state index contributed by atoms with van der Waals surface area (Å²) >= 11 is 0. The van der Waals surface area contributed by atoms with Gasteiger partial charge in [-0.25, -0.2) is 0 Å². The highest BCUT2D eigenvalue weighted by atomic mass is 15.2. The molecule has 0 N–H and O–H groups in total. The van der Waals surface area contributed by atoms with Crippen molar-refractivity contribution in [1.29, 1.82) is 0 Å². The molecule has 131 heavy (non-hydrogen) atoms. The highest BCUT2D eigenvalue weighted by Gasteiger charge is 2.38. The van der Waals surface area contributed by atoms with Gasteiger partial charge in [0.2, 0.25) is 0 Å². The molecule has 0 saturated carbocycles. The molecular formula is C127H90N4. The highest BCUT2D eigenvalue weighted by Crippen LogP contribution is 2.57. The number of anilines is 6. The van der Waals surface area contributed by atoms with E-state index in [4.69, 9.17) is 0 Å². The molecule has 0 atom stereocenters. The second kappa shape index (κ2) is 30.4. The third-order valence-corrected chi connectivity index (χ3v) is 28.6. The van der Waals surface area contributed by atoms with Crippen molar-refractivity contribution < 1.29 is 0 Å². The number of hydrogen-bond acceptors (Lipinski definition) is 2. The van der Waals surface area contributed by atoms with Crippen LogP contribution in [0.5, 0.6) is 0 Å². The number of aromatic nitrogens is 2. The molecule has 0 saturated heterocycles. The van der Waals surface area contributed by atoms with Crippen LogP contribution in [0.1, 0.15) is 55.5 Å². The van der Waals surface area contributed by atoms with Gasteiger partial charge in [0.05, 0.1) is 27.8 Å². The van der Waals surface area contributed by atoms with E-state index in [0.29, 0.717) is 0 Å². The SMILES string of the molecule is CC1(C)c2ccccc2-c2ccc(-c3c4ccccc4c(-c4c5ccccc5c(N(c5ccccc5)c5ccc(-n6c7ccccc7c7ccccc76)cc5)c5ccccc45)c4ccccc34)cc21.Cc1ccc2c(-c3ccc4c(c3)C(C)(C)c3ccccc3-4)c3ccccc3c(-c3ccc(N(c4ccccc4)c4ccc(-n5c6ccccc6c6ccccc65)cc4)cc3)c2c1. The standard InChI is InChI=1S/C67H46N2.C60H44N2/c1-67(2)59-33-17-14-22-47(59)48-41-36-43(42-60(48)67)63-51-25-6-8-27-53(51)64(54-28-9-7-26-52(54)63)65-55-29-10-12-31-57(55)66(58-32-13-11-30-56(58)65)68(44-20-4-3-5-21-44)45-37-39-46(40-38-45)69-61-34-18-15-23-49(61)50-24-16-19-35-62(50)69;1-39-25-35-52-53(37-39)58(50-20-7-8-21-51(50)59(52)41-28-36-47-46-17-9-12-22-54(46)60(2,3)55(47)38-41)40-26-29-43(30-27-40)61(42-15-5-4-6-16-42)44-31-33-45(34-32-44)62-56-23-13-10-18-48(56)49-19-11-14-24-57(49)62/h3-42H,1-2H3;4-38H,1-3H3. The molecule has 2 heterocycles. The smallest absolute Gasteiger partial charge is 0.0618 e. The zero-order valence-corrected chi connectivity index (χ0v) is 73.6. The summed E-state index contributed by atoms with van der Waals surface area (Å²) in [6, 6.07) is 168. The molecule has 0 radical (unpaired) electrons. The van der Waals surface area contributed by atoms with Crippen molar-refractivity contribution in [2.45, 2.75) is 45.4 Å². The number of aryl methyl sites for hydroxylation is 1. The molecule has 2 aromatic heterocycles. The van der Waals surface area contributed by atoms with Crippen LogP contribution in [0.2, 0.25) is 0 Å². The van der Waals surface area contributed by atoms with Crippen molar-refractivity contribution in [2.75, 3.05) is 9.80 Å². The number of fused-ring (bicyclic) bond motifs is 18. The molecule has 24 aromatic rings. The van der Waals surface area contributed by atoms with Crippen molar-refractivity contribution in [1.82, 2.24) is 9.13 Å². The number of nitrogens with zero attached hydrogens (tertiary/aromatic N) is 4. The van der Waals surface area contributed by atoms with Crippen LogP contribution < -0.4 is 9.80 Å². The Balaban J connectivity index is 0.000000142. The molecule has 22 aromatic carbocycles. The minimum absolute atomic E-state index is 0.0756. The number of benzene rings is 22. The minimum Gasteiger partial charge on any atom is -0.311 e. The van der Waals surface area contributed by atoms with Gasteiger partial charge < -0.3 is 18.9 Å². The van der Waals surface area contributed by atoms with Gasteiger partial charge in [0, 0.05) is 83.0 Å². The van der Waals surface area contributed by atoms with Gasteiger partial charge in [-0.05, 0) is 271 Å². The third-order valence-electron chi connectivity index (χ3n) is 28.6. The monoisotopic (exact) mass is 1670 g/mol. The molecule has 2 aliphatic rings. The van der Waals surface area contributed by atoms with Crippen LogP contribution in [0.25, 0.3) is 186 Å². The second-order valence-corrected chi connectivity index (χ2v) is 36.5. The van der Waals surface area contributed by atoms with Crippen LogP contribution >= 0.6 is 0 Å². The fourth-order valence-corrected chi connectivity index (χ4v) is 22.6. The quantitative estimate of drug-likeness (QED) is 0.113. The molecule has 0 aliphatic heterocycles. The first-order valence-corrected chi connectivity index (χ1v) is 45.8. The van der Waals surface area contributed by atoms with Gasteiger partial charge >= 0.3 is 0 Å². The molecule has 0 spiro atoms. The molecule has 0 fully saturated rings. The van der Waals surface area contributed by atoms with E-state index in [-0.39, 0.29) is 10.8 Å². The Morgan fingerprint density at radius 2 is 0.450 bits per heavy atom. The maximum Gasteiger partial charge on any atom is 0.0618 e. The van der Waals surface area contributed by atoms with E-state index in [2.05, 4.69) is 509 Å². The molecule has 26 rings (SSSR count). The van der Waals surface area contributed by atoms with Crippen molar-refractivity contribution in [3.05, 3.63) is 483 Å². The van der Waals surface area contributed by atoms with Gasteiger partial charge in [0.1, 0.15) is 0 Å². The molecule has 2 aliphatic carbocycles. The molecule has 0 unspecified atom stereocenters. The Bertz CT molecular complexity index is 8550. The second-order valence-electron chi connectivity index (χ2n) is 36.5.